The summed E-state index contributed by atoms with van der Waals surface area (Å²) in [5, 5.41) is 20.1. The number of rotatable bonds is 9. The third-order valence-corrected chi connectivity index (χ3v) is 7.32. The van der Waals surface area contributed by atoms with Crippen molar-refractivity contribution in [3.05, 3.63) is 87.1 Å². The van der Waals surface area contributed by atoms with Gasteiger partial charge >= 0.3 is 0 Å². The Morgan fingerprint density at radius 2 is 2.00 bits per heavy atom. The Morgan fingerprint density at radius 3 is 2.67 bits per heavy atom. The average Bonchev–Trinajstić information content (AvgIpc) is 3.56. The normalized spacial score (nSPS) is 16.9. The zero-order chi connectivity index (χ0) is 25.7. The molecule has 0 aliphatic carbocycles. The van der Waals surface area contributed by atoms with Crippen LogP contribution in [0.25, 0.3) is 0 Å². The van der Waals surface area contributed by atoms with Crippen molar-refractivity contribution in [3.63, 3.8) is 0 Å². The third kappa shape index (κ3) is 6.54. The van der Waals surface area contributed by atoms with Crippen LogP contribution in [0.1, 0.15) is 49.8 Å². The van der Waals surface area contributed by atoms with E-state index in [1.165, 1.54) is 23.5 Å². The molecule has 1 fully saturated rings. The number of halogens is 1. The summed E-state index contributed by atoms with van der Waals surface area (Å²) in [6.07, 6.45) is 1.29. The minimum atomic E-state index is -0.820. The first-order valence-corrected chi connectivity index (χ1v) is 12.9. The number of nitrogens with zero attached hydrogens (tertiary/aromatic N) is 2. The van der Waals surface area contributed by atoms with Crippen LogP contribution in [0.15, 0.2) is 53.9 Å². The van der Waals surface area contributed by atoms with E-state index in [1.54, 1.807) is 48.3 Å². The van der Waals surface area contributed by atoms with E-state index in [2.05, 4.69) is 15.6 Å². The zero-order valence-corrected chi connectivity index (χ0v) is 21.2. The molecule has 7 nitrogen and oxygen atoms in total. The minimum absolute atomic E-state index is 0.133. The molecule has 2 aromatic carbocycles. The second-order valence-corrected chi connectivity index (χ2v) is 10.2. The number of aliphatic hydroxyl groups is 1. The SMILES string of the molecule is Cc1csc(CN(C)C(=O)c2cccc(C(=O)NC(Cc3ccc(F)cc3)C(O)C3CCCN3)c2)n1. The highest BCUT2D eigenvalue weighted by molar-refractivity contribution is 7.09. The Hall–Kier alpha value is -3.14. The second kappa shape index (κ2) is 11.7. The Bertz CT molecular complexity index is 1190. The van der Waals surface area contributed by atoms with Gasteiger partial charge in [0.2, 0.25) is 0 Å². The maximum atomic E-state index is 13.4. The van der Waals surface area contributed by atoms with E-state index in [-0.39, 0.29) is 23.7 Å². The molecule has 1 aromatic heterocycles. The maximum Gasteiger partial charge on any atom is 0.253 e. The lowest BCUT2D eigenvalue weighted by molar-refractivity contribution is 0.0737. The van der Waals surface area contributed by atoms with Crippen LogP contribution in [0.3, 0.4) is 0 Å². The molecule has 0 bridgehead atoms. The molecule has 3 unspecified atom stereocenters. The predicted octanol–water partition coefficient (Wildman–Crippen LogP) is 3.32. The van der Waals surface area contributed by atoms with Crippen LogP contribution < -0.4 is 10.6 Å². The van der Waals surface area contributed by atoms with Crippen LogP contribution in [-0.4, -0.2) is 58.6 Å². The smallest absolute Gasteiger partial charge is 0.253 e. The predicted molar refractivity (Wildman–Crippen MR) is 137 cm³/mol. The number of hydrogen-bond acceptors (Lipinski definition) is 6. The molecule has 2 amide bonds. The van der Waals surface area contributed by atoms with Crippen LogP contribution in [0.4, 0.5) is 4.39 Å². The van der Waals surface area contributed by atoms with Gasteiger partial charge in [-0.05, 0) is 68.6 Å². The van der Waals surface area contributed by atoms with E-state index in [0.29, 0.717) is 24.1 Å². The fraction of sp³-hybridized carbons (Fsp3) is 0.370. The molecule has 1 aliphatic heterocycles. The summed E-state index contributed by atoms with van der Waals surface area (Å²) in [6, 6.07) is 11.9. The van der Waals surface area contributed by atoms with Gasteiger partial charge in [0.15, 0.2) is 0 Å². The lowest BCUT2D eigenvalue weighted by atomic mass is 9.95. The number of thiazole rings is 1. The van der Waals surface area contributed by atoms with Crippen LogP contribution >= 0.6 is 11.3 Å². The monoisotopic (exact) mass is 510 g/mol. The summed E-state index contributed by atoms with van der Waals surface area (Å²) < 4.78 is 13.4. The topological polar surface area (TPSA) is 94.6 Å². The van der Waals surface area contributed by atoms with Gasteiger partial charge in [0, 0.05) is 35.3 Å². The van der Waals surface area contributed by atoms with Crippen molar-refractivity contribution in [3.8, 4) is 0 Å². The lowest BCUT2D eigenvalue weighted by Crippen LogP contribution is -2.52. The van der Waals surface area contributed by atoms with Crippen LogP contribution in [0, 0.1) is 12.7 Å². The van der Waals surface area contributed by atoms with Gasteiger partial charge < -0.3 is 20.6 Å². The first kappa shape index (κ1) is 25.9. The van der Waals surface area contributed by atoms with Crippen molar-refractivity contribution in [2.45, 2.75) is 50.9 Å². The van der Waals surface area contributed by atoms with E-state index in [0.717, 1.165) is 35.7 Å². The number of aliphatic hydroxyl groups excluding tert-OH is 1. The molecule has 3 aromatic rings. The number of benzene rings is 2. The molecule has 3 N–H and O–H groups in total. The minimum Gasteiger partial charge on any atom is -0.389 e. The van der Waals surface area contributed by atoms with E-state index < -0.39 is 12.1 Å². The summed E-state index contributed by atoms with van der Waals surface area (Å²) in [4.78, 5) is 32.2. The Balaban J connectivity index is 1.48. The number of aromatic nitrogens is 1. The highest BCUT2D eigenvalue weighted by atomic mass is 32.1. The van der Waals surface area contributed by atoms with E-state index in [4.69, 9.17) is 0 Å². The Morgan fingerprint density at radius 1 is 1.25 bits per heavy atom. The van der Waals surface area contributed by atoms with E-state index in [1.807, 2.05) is 12.3 Å². The summed E-state index contributed by atoms with van der Waals surface area (Å²) in [5.41, 5.74) is 2.45. The van der Waals surface area contributed by atoms with Crippen molar-refractivity contribution >= 4 is 23.2 Å². The molecule has 190 valence electrons. The number of nitrogens with one attached hydrogen (secondary N) is 2. The van der Waals surface area contributed by atoms with E-state index in [9.17, 15) is 19.1 Å². The number of carbonyl (C=O) groups is 2. The molecule has 0 spiro atoms. The van der Waals surface area contributed by atoms with Gasteiger partial charge in [-0.2, -0.15) is 0 Å². The van der Waals surface area contributed by atoms with Crippen LogP contribution in [0.2, 0.25) is 0 Å². The summed E-state index contributed by atoms with van der Waals surface area (Å²) in [7, 11) is 1.70. The molecule has 3 atom stereocenters. The summed E-state index contributed by atoms with van der Waals surface area (Å²) >= 11 is 1.50. The molecule has 1 aliphatic rings. The molecular weight excluding hydrogens is 479 g/mol. The van der Waals surface area contributed by atoms with Crippen LogP contribution in [0.5, 0.6) is 0 Å². The highest BCUT2D eigenvalue weighted by Crippen LogP contribution is 2.18. The van der Waals surface area contributed by atoms with Crippen molar-refractivity contribution in [1.29, 1.82) is 0 Å². The maximum absolute atomic E-state index is 13.4. The third-order valence-electron chi connectivity index (χ3n) is 6.37. The van der Waals surface area contributed by atoms with Crippen molar-refractivity contribution in [2.75, 3.05) is 13.6 Å². The van der Waals surface area contributed by atoms with Gasteiger partial charge in [-0.1, -0.05) is 18.2 Å². The standard InChI is InChI=1S/C27H31FN4O3S/c1-17-16-36-24(30-17)15-32(2)27(35)20-6-3-5-19(14-20)26(34)31-23(25(33)22-7-4-12-29-22)13-18-8-10-21(28)11-9-18/h3,5-6,8-11,14,16,22-23,25,29,33H,4,7,12-13,15H2,1-2H3,(H,31,34). The Labute approximate surface area is 214 Å². The fourth-order valence-corrected chi connectivity index (χ4v) is 5.25. The Kier molecular flexibility index (Phi) is 8.45. The molecule has 2 heterocycles. The largest absolute Gasteiger partial charge is 0.389 e. The summed E-state index contributed by atoms with van der Waals surface area (Å²) in [5.74, 6) is -0.934. The first-order valence-electron chi connectivity index (χ1n) is 12.0. The molecule has 4 rings (SSSR count). The van der Waals surface area contributed by atoms with Gasteiger partial charge in [-0.3, -0.25) is 9.59 Å². The quantitative estimate of drug-likeness (QED) is 0.411. The van der Waals surface area contributed by atoms with Crippen LogP contribution in [-0.2, 0) is 13.0 Å². The van der Waals surface area contributed by atoms with Gasteiger partial charge in [0.25, 0.3) is 11.8 Å². The summed E-state index contributed by atoms with van der Waals surface area (Å²) in [6.45, 7) is 3.11. The molecule has 0 radical (unpaired) electrons. The second-order valence-electron chi connectivity index (χ2n) is 9.23. The van der Waals surface area contributed by atoms with Gasteiger partial charge in [-0.25, -0.2) is 9.37 Å². The number of aryl methyl sites for hydroxylation is 1. The number of amides is 2. The molecular formula is C27H31FN4O3S. The van der Waals surface area contributed by atoms with E-state index >= 15 is 0 Å². The molecule has 36 heavy (non-hydrogen) atoms. The van der Waals surface area contributed by atoms with Gasteiger partial charge in [-0.15, -0.1) is 11.3 Å². The molecule has 1 saturated heterocycles. The van der Waals surface area contributed by atoms with Gasteiger partial charge in [0.1, 0.15) is 10.8 Å². The van der Waals surface area contributed by atoms with Crippen molar-refractivity contribution in [1.82, 2.24) is 20.5 Å². The zero-order valence-electron chi connectivity index (χ0n) is 20.4. The lowest BCUT2D eigenvalue weighted by Gasteiger charge is -2.29. The average molecular weight is 511 g/mol. The first-order chi connectivity index (χ1) is 17.3. The molecule has 0 saturated carbocycles. The van der Waals surface area contributed by atoms with Crippen molar-refractivity contribution in [2.24, 2.45) is 0 Å². The number of carbonyl (C=O) groups excluding carboxylic acids is 2. The van der Waals surface area contributed by atoms with Crippen molar-refractivity contribution < 1.29 is 19.1 Å². The highest BCUT2D eigenvalue weighted by Gasteiger charge is 2.31. The number of hydrogen-bond donors (Lipinski definition) is 3. The fourth-order valence-electron chi connectivity index (χ4n) is 4.43. The molecule has 9 heteroatoms. The van der Waals surface area contributed by atoms with Gasteiger partial charge in [0.05, 0.1) is 18.7 Å².